The summed E-state index contributed by atoms with van der Waals surface area (Å²) >= 11 is 1.15. The van der Waals surface area contributed by atoms with E-state index in [4.69, 9.17) is 10.5 Å². The minimum Gasteiger partial charge on any atom is -0.462 e. The van der Waals surface area contributed by atoms with Crippen LogP contribution in [0.2, 0.25) is 0 Å². The van der Waals surface area contributed by atoms with Crippen molar-refractivity contribution in [2.75, 3.05) is 11.9 Å². The highest BCUT2D eigenvalue weighted by molar-refractivity contribution is 7.17. The monoisotopic (exact) mass is 428 g/mol. The number of unbranched alkanes of at least 4 members (excludes halogenated alkanes) is 1. The molecule has 0 unspecified atom stereocenters. The molecule has 0 aliphatic carbocycles. The summed E-state index contributed by atoms with van der Waals surface area (Å²) in [4.78, 5) is 53.7. The number of amides is 2. The van der Waals surface area contributed by atoms with E-state index < -0.39 is 23.3 Å². The number of nitrogens with zero attached hydrogens (tertiary/aromatic N) is 2. The predicted molar refractivity (Wildman–Crippen MR) is 113 cm³/mol. The number of thiophene rings is 1. The molecule has 2 aromatic heterocycles. The van der Waals surface area contributed by atoms with Crippen LogP contribution in [-0.2, 0) is 16.1 Å². The minimum atomic E-state index is -0.685. The van der Waals surface area contributed by atoms with Crippen molar-refractivity contribution in [3.8, 4) is 0 Å². The highest BCUT2D eigenvalue weighted by Crippen LogP contribution is 2.22. The molecule has 3 N–H and O–H groups in total. The molecule has 0 saturated carbocycles. The molecule has 2 heterocycles. The van der Waals surface area contributed by atoms with Gasteiger partial charge in [0, 0.05) is 5.38 Å². The molecular weight excluding hydrogens is 408 g/mol. The highest BCUT2D eigenvalue weighted by Gasteiger charge is 2.19. The number of esters is 1. The lowest BCUT2D eigenvalue weighted by Crippen LogP contribution is -2.29. The van der Waals surface area contributed by atoms with Gasteiger partial charge in [0.25, 0.3) is 11.5 Å². The molecule has 9 nitrogen and oxygen atoms in total. The third-order valence-corrected chi connectivity index (χ3v) is 5.18. The lowest BCUT2D eigenvalue weighted by molar-refractivity contribution is -0.116. The third kappa shape index (κ3) is 4.54. The van der Waals surface area contributed by atoms with E-state index in [9.17, 15) is 19.2 Å². The van der Waals surface area contributed by atoms with Gasteiger partial charge >= 0.3 is 5.97 Å². The number of hydrogen-bond donors (Lipinski definition) is 2. The predicted octanol–water partition coefficient (Wildman–Crippen LogP) is 2.15. The second kappa shape index (κ2) is 9.31. The van der Waals surface area contributed by atoms with Crippen molar-refractivity contribution in [2.45, 2.75) is 26.3 Å². The zero-order valence-electron chi connectivity index (χ0n) is 16.2. The van der Waals surface area contributed by atoms with Gasteiger partial charge in [-0.1, -0.05) is 25.5 Å². The van der Waals surface area contributed by atoms with Gasteiger partial charge < -0.3 is 15.8 Å². The summed E-state index contributed by atoms with van der Waals surface area (Å²) in [6.45, 7) is 1.89. The van der Waals surface area contributed by atoms with Gasteiger partial charge in [0.1, 0.15) is 11.4 Å². The normalized spacial score (nSPS) is 10.7. The Morgan fingerprint density at radius 1 is 1.23 bits per heavy atom. The van der Waals surface area contributed by atoms with Gasteiger partial charge in [-0.3, -0.25) is 19.0 Å². The Balaban J connectivity index is 1.83. The van der Waals surface area contributed by atoms with Gasteiger partial charge in [0.2, 0.25) is 5.91 Å². The number of carbonyl (C=O) groups is 3. The first kappa shape index (κ1) is 21.2. The molecule has 0 fully saturated rings. The number of rotatable bonds is 8. The van der Waals surface area contributed by atoms with Gasteiger partial charge in [0.05, 0.1) is 35.1 Å². The Bertz CT molecular complexity index is 1170. The van der Waals surface area contributed by atoms with Crippen molar-refractivity contribution >= 4 is 45.0 Å². The van der Waals surface area contributed by atoms with E-state index in [1.807, 2.05) is 6.92 Å². The van der Waals surface area contributed by atoms with Crippen molar-refractivity contribution in [2.24, 2.45) is 5.73 Å². The minimum absolute atomic E-state index is 0.120. The van der Waals surface area contributed by atoms with Crippen molar-refractivity contribution in [1.82, 2.24) is 9.55 Å². The number of para-hydroxylation sites is 1. The van der Waals surface area contributed by atoms with Crippen LogP contribution in [0.25, 0.3) is 10.2 Å². The Kier molecular flexibility index (Phi) is 6.58. The van der Waals surface area contributed by atoms with Crippen LogP contribution in [0.5, 0.6) is 0 Å². The maximum atomic E-state index is 12.9. The van der Waals surface area contributed by atoms with Crippen LogP contribution in [0.3, 0.4) is 0 Å². The Morgan fingerprint density at radius 3 is 2.73 bits per heavy atom. The number of ether oxygens (including phenoxy) is 1. The number of fused-ring (bicyclic) bond motifs is 1. The Morgan fingerprint density at radius 2 is 2.00 bits per heavy atom. The third-order valence-electron chi connectivity index (χ3n) is 4.29. The molecule has 30 heavy (non-hydrogen) atoms. The first-order chi connectivity index (χ1) is 14.4. The van der Waals surface area contributed by atoms with Gasteiger partial charge in [-0.05, 0) is 18.6 Å². The molecule has 0 aliphatic rings. The van der Waals surface area contributed by atoms with Crippen LogP contribution in [-0.4, -0.2) is 33.9 Å². The van der Waals surface area contributed by atoms with Crippen molar-refractivity contribution in [3.63, 3.8) is 0 Å². The van der Waals surface area contributed by atoms with Crippen molar-refractivity contribution in [3.05, 3.63) is 57.5 Å². The zero-order valence-corrected chi connectivity index (χ0v) is 17.0. The van der Waals surface area contributed by atoms with Crippen LogP contribution < -0.4 is 16.6 Å². The van der Waals surface area contributed by atoms with Gasteiger partial charge in [-0.25, -0.2) is 9.78 Å². The fourth-order valence-corrected chi connectivity index (χ4v) is 3.64. The molecule has 0 spiro atoms. The van der Waals surface area contributed by atoms with Crippen molar-refractivity contribution < 1.29 is 19.1 Å². The molecule has 3 rings (SSSR count). The van der Waals surface area contributed by atoms with E-state index in [0.717, 1.165) is 28.7 Å². The summed E-state index contributed by atoms with van der Waals surface area (Å²) in [5, 5.41) is 4.21. The lowest BCUT2D eigenvalue weighted by Gasteiger charge is -2.10. The summed E-state index contributed by atoms with van der Waals surface area (Å²) in [6, 6.07) is 6.28. The first-order valence-corrected chi connectivity index (χ1v) is 10.1. The lowest BCUT2D eigenvalue weighted by atomic mass is 10.1. The van der Waals surface area contributed by atoms with Gasteiger partial charge in [0.15, 0.2) is 0 Å². The molecule has 0 aliphatic heterocycles. The number of benzene rings is 1. The highest BCUT2D eigenvalue weighted by atomic mass is 32.1. The smallest absolute Gasteiger partial charge is 0.339 e. The maximum Gasteiger partial charge on any atom is 0.339 e. The summed E-state index contributed by atoms with van der Waals surface area (Å²) < 4.78 is 6.29. The van der Waals surface area contributed by atoms with Crippen LogP contribution in [0, 0.1) is 0 Å². The van der Waals surface area contributed by atoms with Gasteiger partial charge in [-0.2, -0.15) is 0 Å². The quantitative estimate of drug-likeness (QED) is 0.417. The second-order valence-corrected chi connectivity index (χ2v) is 7.31. The van der Waals surface area contributed by atoms with Crippen LogP contribution >= 0.6 is 11.3 Å². The van der Waals surface area contributed by atoms with E-state index in [-0.39, 0.29) is 35.4 Å². The molecule has 1 aromatic carbocycles. The average Bonchev–Trinajstić information content (AvgIpc) is 3.15. The second-order valence-electron chi connectivity index (χ2n) is 6.45. The molecule has 0 radical (unpaired) electrons. The standard InChI is InChI=1S/C20H20N4O5S/c1-2-3-8-29-20(28)13-10-30-18-16(13)19(27)24(11-22-18)9-15(25)23-14-7-5-4-6-12(14)17(21)26/h4-7,10-11H,2-3,8-9H2,1H3,(H2,21,26)(H,23,25). The van der Waals surface area contributed by atoms with E-state index >= 15 is 0 Å². The van der Waals surface area contributed by atoms with Crippen LogP contribution in [0.4, 0.5) is 5.69 Å². The molecule has 0 bridgehead atoms. The number of aromatic nitrogens is 2. The molecule has 10 heteroatoms. The van der Waals surface area contributed by atoms with Crippen LogP contribution in [0.15, 0.2) is 40.8 Å². The largest absolute Gasteiger partial charge is 0.462 e. The molecular formula is C20H20N4O5S. The van der Waals surface area contributed by atoms with E-state index in [1.54, 1.807) is 12.1 Å². The SMILES string of the molecule is CCCCOC(=O)c1csc2ncn(CC(=O)Nc3ccccc3C(N)=O)c(=O)c12. The maximum absolute atomic E-state index is 12.9. The average molecular weight is 428 g/mol. The van der Waals surface area contributed by atoms with Crippen molar-refractivity contribution in [1.29, 1.82) is 0 Å². The fraction of sp³-hybridized carbons (Fsp3) is 0.250. The molecule has 3 aromatic rings. The van der Waals surface area contributed by atoms with E-state index in [2.05, 4.69) is 10.3 Å². The van der Waals surface area contributed by atoms with E-state index in [1.165, 1.54) is 23.8 Å². The zero-order chi connectivity index (χ0) is 21.7. The molecule has 156 valence electrons. The van der Waals surface area contributed by atoms with Gasteiger partial charge in [-0.15, -0.1) is 11.3 Å². The molecule has 2 amide bonds. The number of primary amides is 1. The fourth-order valence-electron chi connectivity index (χ4n) is 2.77. The number of hydrogen-bond acceptors (Lipinski definition) is 7. The number of carbonyl (C=O) groups excluding carboxylic acids is 3. The molecule has 0 atom stereocenters. The summed E-state index contributed by atoms with van der Waals surface area (Å²) in [7, 11) is 0. The first-order valence-electron chi connectivity index (χ1n) is 9.24. The Hall–Kier alpha value is -3.53. The number of anilines is 1. The number of nitrogens with two attached hydrogens (primary N) is 1. The summed E-state index contributed by atoms with van der Waals surface area (Å²) in [5.74, 6) is -1.82. The van der Waals surface area contributed by atoms with Crippen LogP contribution in [0.1, 0.15) is 40.5 Å². The summed E-state index contributed by atoms with van der Waals surface area (Å²) in [5.41, 5.74) is 5.32. The topological polar surface area (TPSA) is 133 Å². The Labute approximate surface area is 175 Å². The van der Waals surface area contributed by atoms with E-state index in [0.29, 0.717) is 4.83 Å². The summed E-state index contributed by atoms with van der Waals surface area (Å²) in [6.07, 6.45) is 2.84. The molecule has 0 saturated heterocycles. The number of nitrogens with one attached hydrogen (secondary N) is 1.